The van der Waals surface area contributed by atoms with Gasteiger partial charge in [0.25, 0.3) is 11.8 Å². The van der Waals surface area contributed by atoms with Crippen LogP contribution in [-0.2, 0) is 4.74 Å². The van der Waals surface area contributed by atoms with Crippen LogP contribution < -0.4 is 5.32 Å². The summed E-state index contributed by atoms with van der Waals surface area (Å²) in [5.74, 6) is 1.18. The highest BCUT2D eigenvalue weighted by Gasteiger charge is 2.27. The fourth-order valence-electron chi connectivity index (χ4n) is 3.62. The van der Waals surface area contributed by atoms with Gasteiger partial charge < -0.3 is 24.3 Å². The van der Waals surface area contributed by atoms with E-state index in [0.717, 1.165) is 19.4 Å². The standard InChI is InChI=1S/C20H25N5O4/c1-14-22-16(12-18(23-14)21-13-15-4-2-10-28-15)19(26)24-6-8-25(9-7-24)20(27)17-5-3-11-29-17/h3,5,11-12,15H,2,4,6-10,13H2,1H3,(H,21,22,23). The number of nitrogens with zero attached hydrogens (tertiary/aromatic N) is 4. The number of rotatable bonds is 5. The van der Waals surface area contributed by atoms with Gasteiger partial charge in [-0.05, 0) is 31.9 Å². The molecule has 2 fully saturated rings. The van der Waals surface area contributed by atoms with E-state index in [-0.39, 0.29) is 17.9 Å². The van der Waals surface area contributed by atoms with Gasteiger partial charge in [0.05, 0.1) is 12.4 Å². The Hall–Kier alpha value is -2.94. The molecule has 9 heteroatoms. The fraction of sp³-hybridized carbons (Fsp3) is 0.500. The molecule has 2 aliphatic rings. The zero-order valence-corrected chi connectivity index (χ0v) is 16.5. The van der Waals surface area contributed by atoms with Gasteiger partial charge in [-0.25, -0.2) is 9.97 Å². The van der Waals surface area contributed by atoms with Crippen LogP contribution in [0.1, 0.15) is 39.7 Å². The van der Waals surface area contributed by atoms with Crippen molar-refractivity contribution in [1.82, 2.24) is 19.8 Å². The minimum atomic E-state index is -0.152. The van der Waals surface area contributed by atoms with E-state index in [4.69, 9.17) is 9.15 Å². The average Bonchev–Trinajstić information content (AvgIpc) is 3.45. The van der Waals surface area contributed by atoms with Crippen LogP contribution in [0.3, 0.4) is 0 Å². The maximum Gasteiger partial charge on any atom is 0.289 e. The third-order valence-electron chi connectivity index (χ3n) is 5.18. The molecule has 1 atom stereocenters. The van der Waals surface area contributed by atoms with Crippen molar-refractivity contribution in [3.8, 4) is 0 Å². The minimum Gasteiger partial charge on any atom is -0.459 e. The summed E-state index contributed by atoms with van der Waals surface area (Å²) in [7, 11) is 0. The molecule has 0 aliphatic carbocycles. The highest BCUT2D eigenvalue weighted by atomic mass is 16.5. The first-order valence-corrected chi connectivity index (χ1v) is 9.93. The van der Waals surface area contributed by atoms with Gasteiger partial charge in [-0.15, -0.1) is 0 Å². The van der Waals surface area contributed by atoms with E-state index < -0.39 is 0 Å². The van der Waals surface area contributed by atoms with Crippen molar-refractivity contribution < 1.29 is 18.7 Å². The number of ether oxygens (including phenoxy) is 1. The second-order valence-electron chi connectivity index (χ2n) is 7.26. The largest absolute Gasteiger partial charge is 0.459 e. The van der Waals surface area contributed by atoms with Crippen LogP contribution in [0.4, 0.5) is 5.82 Å². The first kappa shape index (κ1) is 19.4. The molecule has 2 aliphatic heterocycles. The summed E-state index contributed by atoms with van der Waals surface area (Å²) < 4.78 is 10.8. The lowest BCUT2D eigenvalue weighted by molar-refractivity contribution is 0.0515. The Morgan fingerprint density at radius 2 is 1.93 bits per heavy atom. The van der Waals surface area contributed by atoms with E-state index in [9.17, 15) is 9.59 Å². The van der Waals surface area contributed by atoms with Crippen LogP contribution in [0.25, 0.3) is 0 Å². The summed E-state index contributed by atoms with van der Waals surface area (Å²) in [4.78, 5) is 37.4. The van der Waals surface area contributed by atoms with Crippen molar-refractivity contribution in [1.29, 1.82) is 0 Å². The first-order valence-electron chi connectivity index (χ1n) is 9.93. The first-order chi connectivity index (χ1) is 14.1. The normalized spacial score (nSPS) is 19.4. The molecule has 2 saturated heterocycles. The topological polar surface area (TPSA) is 101 Å². The molecule has 0 radical (unpaired) electrons. The summed E-state index contributed by atoms with van der Waals surface area (Å²) in [5, 5.41) is 3.25. The smallest absolute Gasteiger partial charge is 0.289 e. The maximum atomic E-state index is 12.9. The quantitative estimate of drug-likeness (QED) is 0.814. The van der Waals surface area contributed by atoms with Crippen LogP contribution >= 0.6 is 0 Å². The molecule has 0 aromatic carbocycles. The summed E-state index contributed by atoms with van der Waals surface area (Å²) >= 11 is 0. The Labute approximate surface area is 169 Å². The van der Waals surface area contributed by atoms with Gasteiger partial charge in [-0.2, -0.15) is 0 Å². The molecule has 1 unspecified atom stereocenters. The van der Waals surface area contributed by atoms with Crippen molar-refractivity contribution in [3.63, 3.8) is 0 Å². The van der Waals surface area contributed by atoms with Crippen LogP contribution in [0.15, 0.2) is 28.9 Å². The van der Waals surface area contributed by atoms with Crippen LogP contribution in [0, 0.1) is 6.92 Å². The minimum absolute atomic E-state index is 0.152. The summed E-state index contributed by atoms with van der Waals surface area (Å²) in [5.41, 5.74) is 0.359. The molecule has 29 heavy (non-hydrogen) atoms. The number of carbonyl (C=O) groups is 2. The molecule has 4 heterocycles. The van der Waals surface area contributed by atoms with Gasteiger partial charge in [-0.3, -0.25) is 9.59 Å². The summed E-state index contributed by atoms with van der Waals surface area (Å²) in [6.45, 7) is 5.05. The van der Waals surface area contributed by atoms with Crippen molar-refractivity contribution in [2.45, 2.75) is 25.9 Å². The predicted molar refractivity (Wildman–Crippen MR) is 105 cm³/mol. The number of carbonyl (C=O) groups excluding carboxylic acids is 2. The zero-order chi connectivity index (χ0) is 20.2. The number of amides is 2. The van der Waals surface area contributed by atoms with Gasteiger partial charge in [0.1, 0.15) is 17.3 Å². The Bertz CT molecular complexity index is 856. The van der Waals surface area contributed by atoms with Crippen LogP contribution in [-0.4, -0.2) is 77.0 Å². The lowest BCUT2D eigenvalue weighted by Gasteiger charge is -2.34. The second-order valence-corrected chi connectivity index (χ2v) is 7.26. The van der Waals surface area contributed by atoms with Gasteiger partial charge in [0.15, 0.2) is 5.76 Å². The molecule has 1 N–H and O–H groups in total. The van der Waals surface area contributed by atoms with Crippen LogP contribution in [0.2, 0.25) is 0 Å². The van der Waals surface area contributed by atoms with Crippen molar-refractivity contribution in [3.05, 3.63) is 41.7 Å². The molecule has 0 bridgehead atoms. The monoisotopic (exact) mass is 399 g/mol. The van der Waals surface area contributed by atoms with Crippen molar-refractivity contribution in [2.75, 3.05) is 44.6 Å². The third-order valence-corrected chi connectivity index (χ3v) is 5.18. The van der Waals surface area contributed by atoms with Gasteiger partial charge >= 0.3 is 0 Å². The number of hydrogen-bond donors (Lipinski definition) is 1. The average molecular weight is 399 g/mol. The van der Waals surface area contributed by atoms with E-state index in [1.807, 2.05) is 0 Å². The molecule has 154 valence electrons. The lowest BCUT2D eigenvalue weighted by atomic mass is 10.2. The molecular weight excluding hydrogens is 374 g/mol. The fourth-order valence-corrected chi connectivity index (χ4v) is 3.62. The van der Waals surface area contributed by atoms with Crippen molar-refractivity contribution in [2.24, 2.45) is 0 Å². The molecular formula is C20H25N5O4. The Balaban J connectivity index is 1.36. The molecule has 0 saturated carbocycles. The van der Waals surface area contributed by atoms with Crippen molar-refractivity contribution >= 4 is 17.6 Å². The Kier molecular flexibility index (Phi) is 5.75. The second kappa shape index (κ2) is 8.60. The number of piperazine rings is 1. The van der Waals surface area contributed by atoms with E-state index >= 15 is 0 Å². The van der Waals surface area contributed by atoms with E-state index in [0.29, 0.717) is 55.8 Å². The Morgan fingerprint density at radius 3 is 2.59 bits per heavy atom. The molecule has 4 rings (SSSR count). The van der Waals surface area contributed by atoms with E-state index in [1.54, 1.807) is 34.9 Å². The maximum absolute atomic E-state index is 12.9. The Morgan fingerprint density at radius 1 is 1.17 bits per heavy atom. The van der Waals surface area contributed by atoms with E-state index in [1.165, 1.54) is 6.26 Å². The number of hydrogen-bond acceptors (Lipinski definition) is 7. The summed E-state index contributed by atoms with van der Waals surface area (Å²) in [6.07, 6.45) is 3.77. The molecule has 2 aromatic heterocycles. The van der Waals surface area contributed by atoms with Gasteiger partial charge in [0, 0.05) is 45.4 Å². The highest BCUT2D eigenvalue weighted by molar-refractivity contribution is 5.94. The molecule has 9 nitrogen and oxygen atoms in total. The summed E-state index contributed by atoms with van der Waals surface area (Å²) in [6, 6.07) is 5.02. The van der Waals surface area contributed by atoms with Gasteiger partial charge in [0.2, 0.25) is 0 Å². The third kappa shape index (κ3) is 4.56. The molecule has 2 amide bonds. The number of furan rings is 1. The number of nitrogens with one attached hydrogen (secondary N) is 1. The number of aromatic nitrogens is 2. The number of anilines is 1. The van der Waals surface area contributed by atoms with Gasteiger partial charge in [-0.1, -0.05) is 0 Å². The highest BCUT2D eigenvalue weighted by Crippen LogP contribution is 2.16. The van der Waals surface area contributed by atoms with E-state index in [2.05, 4.69) is 15.3 Å². The SMILES string of the molecule is Cc1nc(NCC2CCCO2)cc(C(=O)N2CCN(C(=O)c3ccco3)CC2)n1. The molecule has 2 aromatic rings. The van der Waals surface area contributed by atoms with Crippen LogP contribution in [0.5, 0.6) is 0 Å². The lowest BCUT2D eigenvalue weighted by Crippen LogP contribution is -2.50. The molecule has 0 spiro atoms. The predicted octanol–water partition coefficient (Wildman–Crippen LogP) is 1.57. The number of aryl methyl sites for hydroxylation is 1. The zero-order valence-electron chi connectivity index (χ0n) is 16.5.